The van der Waals surface area contributed by atoms with E-state index < -0.39 is 6.30 Å². The van der Waals surface area contributed by atoms with Crippen LogP contribution in [0.5, 0.6) is 0 Å². The molecule has 0 aromatic heterocycles. The summed E-state index contributed by atoms with van der Waals surface area (Å²) in [4.78, 5) is 1.50. The van der Waals surface area contributed by atoms with E-state index in [0.717, 1.165) is 0 Å². The van der Waals surface area contributed by atoms with Crippen LogP contribution < -0.4 is 0 Å². The Morgan fingerprint density at radius 3 is 2.25 bits per heavy atom. The van der Waals surface area contributed by atoms with Crippen molar-refractivity contribution < 1.29 is 4.39 Å². The van der Waals surface area contributed by atoms with Crippen LogP contribution in [0.25, 0.3) is 0 Å². The maximum Gasteiger partial charge on any atom is 0.168 e. The maximum absolute atomic E-state index is 12.2. The molecule has 0 rings (SSSR count). The number of nitrogens with zero attached hydrogens (tertiary/aromatic N) is 1. The second-order valence-electron chi connectivity index (χ2n) is 1.72. The van der Waals surface area contributed by atoms with Crippen LogP contribution >= 0.6 is 0 Å². The number of alkyl halides is 1. The molecule has 0 aromatic rings. The van der Waals surface area contributed by atoms with Crippen LogP contribution in [0.15, 0.2) is 12.3 Å². The molecular formula is C6H12FN. The summed E-state index contributed by atoms with van der Waals surface area (Å²) < 4.78 is 12.2. The summed E-state index contributed by atoms with van der Waals surface area (Å²) in [5.74, 6) is 0. The Labute approximate surface area is 49.8 Å². The van der Waals surface area contributed by atoms with Crippen LogP contribution in [0, 0.1) is 0 Å². The van der Waals surface area contributed by atoms with E-state index in [0.29, 0.717) is 0 Å². The Morgan fingerprint density at radius 1 is 1.62 bits per heavy atom. The third-order valence-corrected chi connectivity index (χ3v) is 0.945. The largest absolute Gasteiger partial charge is 0.352 e. The fourth-order valence-electron chi connectivity index (χ4n) is 0.354. The minimum Gasteiger partial charge on any atom is -0.352 e. The molecule has 0 saturated carbocycles. The smallest absolute Gasteiger partial charge is 0.168 e. The van der Waals surface area contributed by atoms with Crippen molar-refractivity contribution in [1.82, 2.24) is 4.90 Å². The lowest BCUT2D eigenvalue weighted by molar-refractivity contribution is 0.180. The molecule has 8 heavy (non-hydrogen) atoms. The fourth-order valence-corrected chi connectivity index (χ4v) is 0.354. The Hall–Kier alpha value is -0.530. The van der Waals surface area contributed by atoms with Crippen molar-refractivity contribution in [3.8, 4) is 0 Å². The first-order valence-electron chi connectivity index (χ1n) is 2.67. The van der Waals surface area contributed by atoms with Crippen LogP contribution in [-0.2, 0) is 0 Å². The molecular weight excluding hydrogens is 105 g/mol. The second kappa shape index (κ2) is 3.47. The summed E-state index contributed by atoms with van der Waals surface area (Å²) in [6.45, 7) is 3.36. The minimum atomic E-state index is -0.883. The van der Waals surface area contributed by atoms with E-state index in [1.807, 2.05) is 6.92 Å². The van der Waals surface area contributed by atoms with Gasteiger partial charge in [0.15, 0.2) is 6.30 Å². The Morgan fingerprint density at radius 2 is 2.12 bits per heavy atom. The van der Waals surface area contributed by atoms with E-state index in [9.17, 15) is 4.39 Å². The summed E-state index contributed by atoms with van der Waals surface area (Å²) in [6, 6.07) is 0. The van der Waals surface area contributed by atoms with E-state index in [1.165, 1.54) is 11.8 Å². The average Bonchev–Trinajstić information content (AvgIpc) is 1.67. The zero-order chi connectivity index (χ0) is 6.57. The van der Waals surface area contributed by atoms with Gasteiger partial charge < -0.3 is 4.90 Å². The van der Waals surface area contributed by atoms with Crippen LogP contribution in [0.1, 0.15) is 13.8 Å². The molecule has 0 aliphatic carbocycles. The summed E-state index contributed by atoms with van der Waals surface area (Å²) in [6.07, 6.45) is 2.62. The van der Waals surface area contributed by atoms with Crippen molar-refractivity contribution in [2.75, 3.05) is 7.05 Å². The zero-order valence-electron chi connectivity index (χ0n) is 5.56. The van der Waals surface area contributed by atoms with Crippen molar-refractivity contribution in [1.29, 1.82) is 0 Å². The van der Waals surface area contributed by atoms with Gasteiger partial charge in [-0.2, -0.15) is 0 Å². The van der Waals surface area contributed by atoms with Gasteiger partial charge in [0.2, 0.25) is 0 Å². The van der Waals surface area contributed by atoms with Gasteiger partial charge in [0.05, 0.1) is 0 Å². The molecule has 0 fully saturated rings. The maximum atomic E-state index is 12.2. The quantitative estimate of drug-likeness (QED) is 0.498. The zero-order valence-corrected chi connectivity index (χ0v) is 5.56. The third-order valence-electron chi connectivity index (χ3n) is 0.945. The minimum absolute atomic E-state index is 0.883. The fraction of sp³-hybridized carbons (Fsp3) is 0.667. The van der Waals surface area contributed by atoms with Crippen molar-refractivity contribution in [2.24, 2.45) is 0 Å². The molecule has 0 spiro atoms. The van der Waals surface area contributed by atoms with Crippen LogP contribution in [-0.4, -0.2) is 18.2 Å². The van der Waals surface area contributed by atoms with Gasteiger partial charge in [0.25, 0.3) is 0 Å². The standard InChI is InChI=1S/C6H12FN/c1-4-5-8(3)6(2)7/h4-6H,1-3H3/b5-4-. The SMILES string of the molecule is C/C=C\N(C)C(C)F. The topological polar surface area (TPSA) is 3.24 Å². The highest BCUT2D eigenvalue weighted by Crippen LogP contribution is 1.95. The molecule has 0 aromatic carbocycles. The van der Waals surface area contributed by atoms with Crippen molar-refractivity contribution in [2.45, 2.75) is 20.1 Å². The van der Waals surface area contributed by atoms with Crippen molar-refractivity contribution in [3.05, 3.63) is 12.3 Å². The first kappa shape index (κ1) is 7.47. The van der Waals surface area contributed by atoms with E-state index in [2.05, 4.69) is 0 Å². The molecule has 0 heterocycles. The first-order chi connectivity index (χ1) is 3.68. The lowest BCUT2D eigenvalue weighted by Crippen LogP contribution is -2.17. The number of allylic oxidation sites excluding steroid dienone is 1. The van der Waals surface area contributed by atoms with Crippen molar-refractivity contribution in [3.63, 3.8) is 0 Å². The molecule has 0 N–H and O–H groups in total. The predicted molar refractivity (Wildman–Crippen MR) is 33.1 cm³/mol. The molecule has 1 atom stereocenters. The summed E-state index contributed by atoms with van der Waals surface area (Å²) in [7, 11) is 1.70. The van der Waals surface area contributed by atoms with Crippen molar-refractivity contribution >= 4 is 0 Å². The van der Waals surface area contributed by atoms with Gasteiger partial charge in [0.1, 0.15) is 0 Å². The molecule has 1 unspecified atom stereocenters. The second-order valence-corrected chi connectivity index (χ2v) is 1.72. The van der Waals surface area contributed by atoms with Crippen LogP contribution in [0.2, 0.25) is 0 Å². The molecule has 0 aliphatic rings. The van der Waals surface area contributed by atoms with Gasteiger partial charge in [-0.1, -0.05) is 6.08 Å². The van der Waals surface area contributed by atoms with Gasteiger partial charge in [0, 0.05) is 7.05 Å². The van der Waals surface area contributed by atoms with Crippen LogP contribution in [0.4, 0.5) is 4.39 Å². The van der Waals surface area contributed by atoms with Crippen LogP contribution in [0.3, 0.4) is 0 Å². The Balaban J connectivity index is 3.47. The van der Waals surface area contributed by atoms with Gasteiger partial charge in [-0.25, -0.2) is 4.39 Å². The Kier molecular flexibility index (Phi) is 3.24. The van der Waals surface area contributed by atoms with Gasteiger partial charge in [-0.15, -0.1) is 0 Å². The number of hydrogen-bond donors (Lipinski definition) is 0. The number of hydrogen-bond acceptors (Lipinski definition) is 1. The number of halogens is 1. The average molecular weight is 117 g/mol. The summed E-state index contributed by atoms with van der Waals surface area (Å²) >= 11 is 0. The Bertz CT molecular complexity index is 78.6. The molecule has 0 amide bonds. The molecule has 48 valence electrons. The van der Waals surface area contributed by atoms with Gasteiger partial charge in [-0.3, -0.25) is 0 Å². The molecule has 0 bridgehead atoms. The molecule has 0 radical (unpaired) electrons. The molecule has 1 nitrogen and oxygen atoms in total. The van der Waals surface area contributed by atoms with Gasteiger partial charge >= 0.3 is 0 Å². The lowest BCUT2D eigenvalue weighted by Gasteiger charge is -2.13. The summed E-state index contributed by atoms with van der Waals surface area (Å²) in [5.41, 5.74) is 0. The third kappa shape index (κ3) is 2.61. The van der Waals surface area contributed by atoms with Gasteiger partial charge in [-0.05, 0) is 20.0 Å². The number of rotatable bonds is 2. The van der Waals surface area contributed by atoms with E-state index in [1.54, 1.807) is 19.3 Å². The van der Waals surface area contributed by atoms with E-state index in [-0.39, 0.29) is 0 Å². The predicted octanol–water partition coefficient (Wildman–Crippen LogP) is 1.77. The molecule has 2 heteroatoms. The highest BCUT2D eigenvalue weighted by molar-refractivity contribution is 4.75. The molecule has 0 aliphatic heterocycles. The first-order valence-corrected chi connectivity index (χ1v) is 2.67. The summed E-state index contributed by atoms with van der Waals surface area (Å²) in [5, 5.41) is 0. The lowest BCUT2D eigenvalue weighted by atomic mass is 10.6. The highest BCUT2D eigenvalue weighted by atomic mass is 19.1. The monoisotopic (exact) mass is 117 g/mol. The van der Waals surface area contributed by atoms with E-state index in [4.69, 9.17) is 0 Å². The van der Waals surface area contributed by atoms with E-state index >= 15 is 0 Å². The normalized spacial score (nSPS) is 14.5. The molecule has 0 saturated heterocycles. The highest BCUT2D eigenvalue weighted by Gasteiger charge is 1.97.